The third-order valence-electron chi connectivity index (χ3n) is 0. The van der Waals surface area contributed by atoms with E-state index in [1.165, 1.54) is 4.42 Å². The molecule has 5 nitrogen and oxygen atoms in total. The Labute approximate surface area is 115 Å². The second kappa shape index (κ2) is 12.4. The molecular weight excluding hydrogens is 214 g/mol. The summed E-state index contributed by atoms with van der Waals surface area (Å²) in [6, 6.07) is 0. The van der Waals surface area contributed by atoms with E-state index in [0.29, 0.717) is 0 Å². The van der Waals surface area contributed by atoms with Gasteiger partial charge in [0.2, 0.25) is 0 Å². The normalized spacial score (nSPS) is 8.64. The van der Waals surface area contributed by atoms with Crippen LogP contribution in [0.2, 0.25) is 0 Å². The first-order valence-electron chi connectivity index (χ1n) is 1.85. The molecule has 0 saturated heterocycles. The van der Waals surface area contributed by atoms with Crippen LogP contribution in [-0.4, -0.2) is 92.3 Å². The Kier molecular flexibility index (Phi) is 26.2. The van der Waals surface area contributed by atoms with Crippen LogP contribution in [0.4, 0.5) is 0 Å². The third kappa shape index (κ3) is 238. The van der Waals surface area contributed by atoms with E-state index in [-0.39, 0.29) is 59.1 Å². The Hall–Kier alpha value is 2.36. The van der Waals surface area contributed by atoms with E-state index in [1.807, 2.05) is 0 Å². The van der Waals surface area contributed by atoms with Crippen molar-refractivity contribution in [1.29, 1.82) is 0 Å². The van der Waals surface area contributed by atoms with E-state index < -0.39 is 7.82 Å². The van der Waals surface area contributed by atoms with Crippen LogP contribution in [0.25, 0.3) is 0 Å². The van der Waals surface area contributed by atoms with Crippen molar-refractivity contribution in [3.8, 4) is 0 Å². The van der Waals surface area contributed by atoms with Crippen LogP contribution in [-0.2, 0) is 4.57 Å². The zero-order chi connectivity index (χ0) is 8.08. The molecule has 0 aromatic carbocycles. The summed E-state index contributed by atoms with van der Waals surface area (Å²) in [5.74, 6) is 0. The van der Waals surface area contributed by atoms with Gasteiger partial charge < -0.3 is 14.7 Å². The van der Waals surface area contributed by atoms with Crippen LogP contribution < -0.4 is 0 Å². The second-order valence-electron chi connectivity index (χ2n) is 1.30. The maximum absolute atomic E-state index is 8.88. The van der Waals surface area contributed by atoms with Gasteiger partial charge in [0.1, 0.15) is 0 Å². The minimum absolute atomic E-state index is 0. The third-order valence-corrected chi connectivity index (χ3v) is 0. The van der Waals surface area contributed by atoms with Crippen molar-refractivity contribution in [2.24, 2.45) is 0 Å². The van der Waals surface area contributed by atoms with E-state index in [1.54, 1.807) is 14.1 Å². The van der Waals surface area contributed by atoms with Gasteiger partial charge >= 0.3 is 66.9 Å². The van der Waals surface area contributed by atoms with Gasteiger partial charge in [0.15, 0.2) is 0 Å². The Morgan fingerprint density at radius 1 is 1.18 bits per heavy atom. The van der Waals surface area contributed by atoms with Crippen molar-refractivity contribution in [2.45, 2.75) is 0 Å². The van der Waals surface area contributed by atoms with Crippen LogP contribution in [0.1, 0.15) is 0 Å². The quantitative estimate of drug-likeness (QED) is 0.265. The average Bonchev–Trinajstić information content (AvgIpc) is 1.19. The molecule has 0 spiro atoms. The van der Waals surface area contributed by atoms with Crippen molar-refractivity contribution >= 4 is 78.7 Å². The van der Waals surface area contributed by atoms with Gasteiger partial charge in [-0.2, -0.15) is 0 Å². The first kappa shape index (κ1) is 23.3. The standard InChI is InChI=1S/C2H6ClN.2Na.H3O4P.2H/c1-4(2)3;;;1-5(2,3)4;;/h1-2H3;;;(H3,1,2,3,4);;. The summed E-state index contributed by atoms with van der Waals surface area (Å²) in [5, 5.41) is 0. The summed E-state index contributed by atoms with van der Waals surface area (Å²) < 4.78 is 10.4. The van der Waals surface area contributed by atoms with E-state index in [2.05, 4.69) is 0 Å². The van der Waals surface area contributed by atoms with Crippen LogP contribution in [0.3, 0.4) is 0 Å². The average molecular weight is 226 g/mol. The molecule has 0 atom stereocenters. The fraction of sp³-hybridized carbons (Fsp3) is 1.00. The van der Waals surface area contributed by atoms with E-state index in [4.69, 9.17) is 31.0 Å². The summed E-state index contributed by atoms with van der Waals surface area (Å²) in [4.78, 5) is 21.6. The van der Waals surface area contributed by atoms with Crippen molar-refractivity contribution in [1.82, 2.24) is 4.42 Å². The first-order valence-corrected chi connectivity index (χ1v) is 3.75. The molecule has 0 unspecified atom stereocenters. The predicted octanol–water partition coefficient (Wildman–Crippen LogP) is -1.52. The molecule has 0 heterocycles. The molecule has 0 radical (unpaired) electrons. The molecular formula is C2H11ClNNa2O4P. The van der Waals surface area contributed by atoms with Gasteiger partial charge in [-0.1, -0.05) is 0 Å². The summed E-state index contributed by atoms with van der Waals surface area (Å²) in [5.41, 5.74) is 0. The number of hydrogen-bond donors (Lipinski definition) is 3. The number of phosphoric acid groups is 1. The van der Waals surface area contributed by atoms with Gasteiger partial charge in [-0.3, -0.25) is 0 Å². The van der Waals surface area contributed by atoms with Gasteiger partial charge in [0.25, 0.3) is 0 Å². The fourth-order valence-corrected chi connectivity index (χ4v) is 0. The first-order chi connectivity index (χ1) is 3.73. The molecule has 0 aliphatic rings. The van der Waals surface area contributed by atoms with Gasteiger partial charge in [-0.05, 0) is 11.8 Å². The van der Waals surface area contributed by atoms with Crippen molar-refractivity contribution in [2.75, 3.05) is 14.1 Å². The molecule has 0 aromatic heterocycles. The molecule has 62 valence electrons. The van der Waals surface area contributed by atoms with Crippen LogP contribution >= 0.6 is 19.6 Å². The van der Waals surface area contributed by atoms with E-state index in [9.17, 15) is 0 Å². The molecule has 3 N–H and O–H groups in total. The molecule has 0 fully saturated rings. The van der Waals surface area contributed by atoms with Crippen molar-refractivity contribution in [3.63, 3.8) is 0 Å². The van der Waals surface area contributed by atoms with Crippen molar-refractivity contribution in [3.05, 3.63) is 0 Å². The second-order valence-corrected chi connectivity index (χ2v) is 3.00. The zero-order valence-electron chi connectivity index (χ0n) is 5.02. The number of rotatable bonds is 0. The van der Waals surface area contributed by atoms with Crippen LogP contribution in [0.5, 0.6) is 0 Å². The molecule has 0 rings (SSSR count). The fourth-order valence-electron chi connectivity index (χ4n) is 0. The van der Waals surface area contributed by atoms with Gasteiger partial charge in [-0.25, -0.2) is 8.98 Å². The van der Waals surface area contributed by atoms with Crippen LogP contribution in [0.15, 0.2) is 0 Å². The van der Waals surface area contributed by atoms with Crippen LogP contribution in [0, 0.1) is 0 Å². The summed E-state index contributed by atoms with van der Waals surface area (Å²) in [6.07, 6.45) is 0. The molecule has 0 aromatic rings. The predicted molar refractivity (Wildman–Crippen MR) is 48.1 cm³/mol. The van der Waals surface area contributed by atoms with Gasteiger partial charge in [0, 0.05) is 14.1 Å². The van der Waals surface area contributed by atoms with Gasteiger partial charge in [0.05, 0.1) is 0 Å². The summed E-state index contributed by atoms with van der Waals surface area (Å²) in [6.45, 7) is 0. The Bertz CT molecular complexity index is 97.2. The maximum atomic E-state index is 8.88. The number of hydrogen-bond acceptors (Lipinski definition) is 2. The molecule has 9 heteroatoms. The minimum atomic E-state index is -4.64. The topological polar surface area (TPSA) is 81.0 Å². The molecule has 0 amide bonds. The van der Waals surface area contributed by atoms with E-state index >= 15 is 0 Å². The number of halogens is 1. The monoisotopic (exact) mass is 225 g/mol. The SMILES string of the molecule is CN(C)Cl.O=P(O)(O)O.[NaH].[NaH]. The molecule has 11 heavy (non-hydrogen) atoms. The molecule has 0 bridgehead atoms. The molecule has 0 saturated carbocycles. The Morgan fingerprint density at radius 2 is 1.18 bits per heavy atom. The van der Waals surface area contributed by atoms with Gasteiger partial charge in [-0.15, -0.1) is 0 Å². The summed E-state index contributed by atoms with van der Waals surface area (Å²) in [7, 11) is -1.11. The summed E-state index contributed by atoms with van der Waals surface area (Å²) >= 11 is 5.11. The molecule has 0 aliphatic carbocycles. The van der Waals surface area contributed by atoms with Crippen molar-refractivity contribution < 1.29 is 19.2 Å². The zero-order valence-corrected chi connectivity index (χ0v) is 6.67. The Morgan fingerprint density at radius 3 is 1.18 bits per heavy atom. The molecule has 0 aliphatic heterocycles. The van der Waals surface area contributed by atoms with E-state index in [0.717, 1.165) is 0 Å². The number of nitrogens with zero attached hydrogens (tertiary/aromatic N) is 1. The Balaban J connectivity index is -0.0000000383.